The molecule has 0 unspecified atom stereocenters. The summed E-state index contributed by atoms with van der Waals surface area (Å²) in [4.78, 5) is 23.6. The molecule has 138 valence electrons. The quantitative estimate of drug-likeness (QED) is 0.470. The van der Waals surface area contributed by atoms with Gasteiger partial charge in [0.2, 0.25) is 11.6 Å². The summed E-state index contributed by atoms with van der Waals surface area (Å²) in [6.07, 6.45) is 1.37. The van der Waals surface area contributed by atoms with Crippen molar-refractivity contribution >= 4 is 28.7 Å². The lowest BCUT2D eigenvalue weighted by Crippen LogP contribution is -2.21. The summed E-state index contributed by atoms with van der Waals surface area (Å²) >= 11 is 0. The fourth-order valence-electron chi connectivity index (χ4n) is 2.99. The van der Waals surface area contributed by atoms with E-state index in [1.54, 1.807) is 11.9 Å². The minimum atomic E-state index is -0.414. The van der Waals surface area contributed by atoms with Crippen LogP contribution in [0.1, 0.15) is 12.5 Å². The van der Waals surface area contributed by atoms with Gasteiger partial charge in [-0.15, -0.1) is 0 Å². The lowest BCUT2D eigenvalue weighted by atomic mass is 10.2. The van der Waals surface area contributed by atoms with Crippen LogP contribution in [0.15, 0.2) is 60.9 Å². The molecule has 1 aromatic heterocycles. The number of anilines is 4. The highest BCUT2D eigenvalue weighted by atomic mass is 16.6. The average Bonchev–Trinajstić information content (AvgIpc) is 2.68. The molecule has 0 aliphatic carbocycles. The molecule has 0 fully saturated rings. The van der Waals surface area contributed by atoms with Crippen LogP contribution < -0.4 is 9.80 Å². The van der Waals surface area contributed by atoms with Crippen molar-refractivity contribution in [3.63, 3.8) is 0 Å². The second kappa shape index (κ2) is 7.82. The molecular formula is C20H21N5O2. The molecule has 7 nitrogen and oxygen atoms in total. The molecule has 27 heavy (non-hydrogen) atoms. The van der Waals surface area contributed by atoms with E-state index in [9.17, 15) is 10.1 Å². The molecule has 0 amide bonds. The third-order valence-electron chi connectivity index (χ3n) is 4.31. The molecule has 2 aromatic carbocycles. The molecule has 3 rings (SSSR count). The van der Waals surface area contributed by atoms with Crippen LogP contribution >= 0.6 is 0 Å². The molecule has 0 aliphatic rings. The first-order chi connectivity index (χ1) is 13.0. The van der Waals surface area contributed by atoms with Gasteiger partial charge in [-0.25, -0.2) is 9.97 Å². The Balaban J connectivity index is 2.15. The Bertz CT molecular complexity index is 946. The number of benzene rings is 2. The van der Waals surface area contributed by atoms with Crippen LogP contribution in [0.25, 0.3) is 0 Å². The number of aryl methyl sites for hydroxylation is 1. The lowest BCUT2D eigenvalue weighted by molar-refractivity contribution is -0.383. The summed E-state index contributed by atoms with van der Waals surface area (Å²) in [5.41, 5.74) is 2.62. The van der Waals surface area contributed by atoms with Gasteiger partial charge in [0.15, 0.2) is 0 Å². The predicted molar refractivity (Wildman–Crippen MR) is 107 cm³/mol. The van der Waals surface area contributed by atoms with E-state index >= 15 is 0 Å². The van der Waals surface area contributed by atoms with E-state index in [0.717, 1.165) is 16.9 Å². The first-order valence-electron chi connectivity index (χ1n) is 8.65. The Kier molecular flexibility index (Phi) is 5.30. The van der Waals surface area contributed by atoms with Crippen LogP contribution in [0.5, 0.6) is 0 Å². The number of hydrogen-bond donors (Lipinski definition) is 0. The zero-order valence-electron chi connectivity index (χ0n) is 15.5. The maximum absolute atomic E-state index is 12.0. The highest BCUT2D eigenvalue weighted by Gasteiger charge is 2.29. The Morgan fingerprint density at radius 1 is 1.00 bits per heavy atom. The maximum atomic E-state index is 12.0. The van der Waals surface area contributed by atoms with Gasteiger partial charge in [-0.2, -0.15) is 0 Å². The summed E-state index contributed by atoms with van der Waals surface area (Å²) in [5, 5.41) is 12.0. The second-order valence-corrected chi connectivity index (χ2v) is 6.10. The maximum Gasteiger partial charge on any atom is 0.354 e. The SMILES string of the molecule is CCN(c1cccc(C)c1)c1ncnc(N(C)c2ccccc2)c1[N+](=O)[O-]. The fourth-order valence-corrected chi connectivity index (χ4v) is 2.99. The number of nitro groups is 1. The van der Waals surface area contributed by atoms with Gasteiger partial charge in [0.25, 0.3) is 0 Å². The van der Waals surface area contributed by atoms with Crippen molar-refractivity contribution in [3.8, 4) is 0 Å². The molecule has 0 spiro atoms. The monoisotopic (exact) mass is 363 g/mol. The van der Waals surface area contributed by atoms with E-state index in [2.05, 4.69) is 9.97 Å². The number of aromatic nitrogens is 2. The van der Waals surface area contributed by atoms with Gasteiger partial charge in [-0.05, 0) is 43.7 Å². The number of para-hydroxylation sites is 1. The molecule has 0 saturated carbocycles. The zero-order valence-corrected chi connectivity index (χ0v) is 15.5. The van der Waals surface area contributed by atoms with Crippen LogP contribution in [0, 0.1) is 17.0 Å². The Labute approximate surface area is 158 Å². The van der Waals surface area contributed by atoms with E-state index in [0.29, 0.717) is 6.54 Å². The number of rotatable bonds is 6. The smallest absolute Gasteiger partial charge is 0.324 e. The van der Waals surface area contributed by atoms with E-state index < -0.39 is 4.92 Å². The standard InChI is InChI=1S/C20H21N5O2/c1-4-24(17-12-8-9-15(2)13-17)20-18(25(26)27)19(21-14-22-20)23(3)16-10-6-5-7-11-16/h5-14H,4H2,1-3H3. The van der Waals surface area contributed by atoms with Crippen LogP contribution in [0.2, 0.25) is 0 Å². The molecule has 1 heterocycles. The first-order valence-corrected chi connectivity index (χ1v) is 8.65. The van der Waals surface area contributed by atoms with Gasteiger partial charge >= 0.3 is 5.69 Å². The lowest BCUT2D eigenvalue weighted by Gasteiger charge is -2.24. The molecule has 0 saturated heterocycles. The van der Waals surface area contributed by atoms with Gasteiger partial charge in [-0.1, -0.05) is 30.3 Å². The van der Waals surface area contributed by atoms with E-state index in [-0.39, 0.29) is 17.3 Å². The van der Waals surface area contributed by atoms with Crippen molar-refractivity contribution in [2.45, 2.75) is 13.8 Å². The van der Waals surface area contributed by atoms with Gasteiger partial charge in [-0.3, -0.25) is 10.1 Å². The summed E-state index contributed by atoms with van der Waals surface area (Å²) < 4.78 is 0. The molecule has 0 radical (unpaired) electrons. The first kappa shape index (κ1) is 18.3. The zero-order chi connectivity index (χ0) is 19.4. The third-order valence-corrected chi connectivity index (χ3v) is 4.31. The van der Waals surface area contributed by atoms with E-state index in [4.69, 9.17) is 0 Å². The summed E-state index contributed by atoms with van der Waals surface area (Å²) in [7, 11) is 1.76. The normalized spacial score (nSPS) is 10.5. The largest absolute Gasteiger partial charge is 0.354 e. The average molecular weight is 363 g/mol. The Hall–Kier alpha value is -3.48. The van der Waals surface area contributed by atoms with Crippen LogP contribution in [0.3, 0.4) is 0 Å². The molecule has 3 aromatic rings. The van der Waals surface area contributed by atoms with Gasteiger partial charge in [0.1, 0.15) is 6.33 Å². The van der Waals surface area contributed by atoms with Crippen LogP contribution in [-0.2, 0) is 0 Å². The van der Waals surface area contributed by atoms with Gasteiger partial charge in [0, 0.05) is 25.0 Å². The van der Waals surface area contributed by atoms with Gasteiger partial charge < -0.3 is 9.80 Å². The van der Waals surface area contributed by atoms with Crippen LogP contribution in [-0.4, -0.2) is 28.5 Å². The van der Waals surface area contributed by atoms with Crippen molar-refractivity contribution in [2.24, 2.45) is 0 Å². The molecule has 0 N–H and O–H groups in total. The summed E-state index contributed by atoms with van der Waals surface area (Å²) in [6.45, 7) is 4.46. The molecule has 0 aliphatic heterocycles. The minimum absolute atomic E-state index is 0.118. The van der Waals surface area contributed by atoms with Crippen molar-refractivity contribution in [1.82, 2.24) is 9.97 Å². The van der Waals surface area contributed by atoms with Gasteiger partial charge in [0.05, 0.1) is 4.92 Å². The number of hydrogen-bond acceptors (Lipinski definition) is 6. The third kappa shape index (κ3) is 3.72. The topological polar surface area (TPSA) is 75.4 Å². The minimum Gasteiger partial charge on any atom is -0.324 e. The molecule has 0 atom stereocenters. The predicted octanol–water partition coefficient (Wildman–Crippen LogP) is 4.62. The summed E-state index contributed by atoms with van der Waals surface area (Å²) in [6, 6.07) is 17.2. The highest BCUT2D eigenvalue weighted by molar-refractivity contribution is 5.79. The molecular weight excluding hydrogens is 342 g/mol. The van der Waals surface area contributed by atoms with Crippen molar-refractivity contribution in [1.29, 1.82) is 0 Å². The van der Waals surface area contributed by atoms with Crippen molar-refractivity contribution < 1.29 is 4.92 Å². The fraction of sp³-hybridized carbons (Fsp3) is 0.200. The van der Waals surface area contributed by atoms with E-state index in [1.165, 1.54) is 6.33 Å². The highest BCUT2D eigenvalue weighted by Crippen LogP contribution is 2.39. The summed E-state index contributed by atoms with van der Waals surface area (Å²) in [5.74, 6) is 0.531. The van der Waals surface area contributed by atoms with E-state index in [1.807, 2.05) is 73.3 Å². The van der Waals surface area contributed by atoms with Crippen molar-refractivity contribution in [2.75, 3.05) is 23.4 Å². The Morgan fingerprint density at radius 2 is 1.67 bits per heavy atom. The van der Waals surface area contributed by atoms with Crippen LogP contribution in [0.4, 0.5) is 28.7 Å². The Morgan fingerprint density at radius 3 is 2.30 bits per heavy atom. The number of nitrogens with zero attached hydrogens (tertiary/aromatic N) is 5. The second-order valence-electron chi connectivity index (χ2n) is 6.10. The molecule has 0 bridgehead atoms. The molecule has 7 heteroatoms. The van der Waals surface area contributed by atoms with Crippen molar-refractivity contribution in [3.05, 3.63) is 76.6 Å².